The minimum atomic E-state index is -4.03. The maximum absolute atomic E-state index is 12.1. The van der Waals surface area contributed by atoms with Gasteiger partial charge in [-0.25, -0.2) is 0 Å². The molecule has 1 aromatic rings. The van der Waals surface area contributed by atoms with Gasteiger partial charge in [0.05, 0.1) is 0 Å². The summed E-state index contributed by atoms with van der Waals surface area (Å²) >= 11 is 0. The van der Waals surface area contributed by atoms with Gasteiger partial charge in [-0.2, -0.15) is 13.2 Å². The van der Waals surface area contributed by atoms with E-state index < -0.39 is 12.6 Å². The highest BCUT2D eigenvalue weighted by Crippen LogP contribution is 2.30. The lowest BCUT2D eigenvalue weighted by atomic mass is 9.90. The fourth-order valence-electron chi connectivity index (χ4n) is 2.08. The fraction of sp³-hybridized carbons (Fsp3) is 0.500. The Hall–Kier alpha value is -1.19. The largest absolute Gasteiger partial charge is 0.389 e. The van der Waals surface area contributed by atoms with Crippen LogP contribution in [0.1, 0.15) is 18.4 Å². The van der Waals surface area contributed by atoms with Gasteiger partial charge in [0.25, 0.3) is 0 Å². The van der Waals surface area contributed by atoms with Gasteiger partial charge in [-0.05, 0) is 30.4 Å². The molecule has 0 amide bonds. The number of hydrogen-bond acceptors (Lipinski definition) is 1. The van der Waals surface area contributed by atoms with Crippen LogP contribution in [-0.4, -0.2) is 12.7 Å². The van der Waals surface area contributed by atoms with E-state index in [0.717, 1.165) is 17.7 Å². The van der Waals surface area contributed by atoms with Crippen LogP contribution in [0.2, 0.25) is 0 Å². The van der Waals surface area contributed by atoms with Crippen molar-refractivity contribution in [3.05, 3.63) is 29.8 Å². The average Bonchev–Trinajstić information content (AvgIpc) is 2.25. The third kappa shape index (κ3) is 2.90. The number of para-hydroxylation sites is 1. The van der Waals surface area contributed by atoms with Crippen LogP contribution in [0.4, 0.5) is 18.9 Å². The van der Waals surface area contributed by atoms with Crippen LogP contribution in [0, 0.1) is 5.92 Å². The van der Waals surface area contributed by atoms with Crippen LogP contribution in [0.25, 0.3) is 0 Å². The molecule has 2 rings (SSSR count). The van der Waals surface area contributed by atoms with Gasteiger partial charge in [0, 0.05) is 18.7 Å². The second-order valence-corrected chi connectivity index (χ2v) is 4.26. The minimum Gasteiger partial charge on any atom is -0.385 e. The lowest BCUT2D eigenvalue weighted by Gasteiger charge is -2.26. The Kier molecular flexibility index (Phi) is 3.08. The summed E-state index contributed by atoms with van der Waals surface area (Å²) in [6.45, 7) is 0.646. The molecular weight excluding hydrogens is 215 g/mol. The van der Waals surface area contributed by atoms with Gasteiger partial charge in [0.2, 0.25) is 0 Å². The van der Waals surface area contributed by atoms with Gasteiger partial charge < -0.3 is 5.32 Å². The molecule has 0 spiro atoms. The summed E-state index contributed by atoms with van der Waals surface area (Å²) < 4.78 is 36.3. The number of rotatable bonds is 2. The molecule has 1 N–H and O–H groups in total. The first-order valence-electron chi connectivity index (χ1n) is 5.43. The molecule has 0 aromatic heterocycles. The van der Waals surface area contributed by atoms with Crippen molar-refractivity contribution in [3.8, 4) is 0 Å². The van der Waals surface area contributed by atoms with Gasteiger partial charge in [-0.3, -0.25) is 0 Å². The van der Waals surface area contributed by atoms with E-state index in [4.69, 9.17) is 0 Å². The molecule has 1 unspecified atom stereocenters. The number of nitrogens with one attached hydrogen (secondary N) is 1. The van der Waals surface area contributed by atoms with E-state index in [1.165, 1.54) is 0 Å². The van der Waals surface area contributed by atoms with Crippen molar-refractivity contribution in [1.82, 2.24) is 0 Å². The standard InChI is InChI=1S/C12H14F3N/c13-12(14,15)6-5-9-7-10-3-1-2-4-11(10)16-8-9/h1-4,9,16H,5-8H2. The molecule has 0 fully saturated rings. The Balaban J connectivity index is 1.93. The molecule has 1 nitrogen and oxygen atoms in total. The van der Waals surface area contributed by atoms with Crippen molar-refractivity contribution in [2.24, 2.45) is 5.92 Å². The zero-order valence-electron chi connectivity index (χ0n) is 8.85. The molecule has 1 atom stereocenters. The maximum Gasteiger partial charge on any atom is 0.389 e. The summed E-state index contributed by atoms with van der Waals surface area (Å²) in [6, 6.07) is 7.80. The molecule has 88 valence electrons. The lowest BCUT2D eigenvalue weighted by Crippen LogP contribution is -2.24. The van der Waals surface area contributed by atoms with Gasteiger partial charge >= 0.3 is 6.18 Å². The Morgan fingerprint density at radius 1 is 1.25 bits per heavy atom. The number of alkyl halides is 3. The molecule has 0 saturated heterocycles. The third-order valence-corrected chi connectivity index (χ3v) is 2.94. The summed E-state index contributed by atoms with van der Waals surface area (Å²) in [4.78, 5) is 0. The molecule has 0 saturated carbocycles. The SMILES string of the molecule is FC(F)(F)CCC1CNc2ccccc2C1. The summed E-state index contributed by atoms with van der Waals surface area (Å²) in [7, 11) is 0. The Morgan fingerprint density at radius 2 is 2.00 bits per heavy atom. The zero-order chi connectivity index (χ0) is 11.6. The molecule has 16 heavy (non-hydrogen) atoms. The van der Waals surface area contributed by atoms with Gasteiger partial charge in [-0.1, -0.05) is 18.2 Å². The quantitative estimate of drug-likeness (QED) is 0.816. The zero-order valence-corrected chi connectivity index (χ0v) is 8.85. The average molecular weight is 229 g/mol. The Morgan fingerprint density at radius 3 is 2.75 bits per heavy atom. The van der Waals surface area contributed by atoms with Crippen LogP contribution >= 0.6 is 0 Å². The predicted molar refractivity (Wildman–Crippen MR) is 57.4 cm³/mol. The van der Waals surface area contributed by atoms with Crippen LogP contribution in [-0.2, 0) is 6.42 Å². The number of hydrogen-bond donors (Lipinski definition) is 1. The lowest BCUT2D eigenvalue weighted by molar-refractivity contribution is -0.137. The number of fused-ring (bicyclic) bond motifs is 1. The molecule has 0 bridgehead atoms. The van der Waals surface area contributed by atoms with E-state index in [9.17, 15) is 13.2 Å². The summed E-state index contributed by atoms with van der Waals surface area (Å²) in [5, 5.41) is 3.18. The highest BCUT2D eigenvalue weighted by atomic mass is 19.4. The predicted octanol–water partition coefficient (Wildman–Crippen LogP) is 3.61. The van der Waals surface area contributed by atoms with Crippen LogP contribution in [0.5, 0.6) is 0 Å². The van der Waals surface area contributed by atoms with Crippen molar-refractivity contribution in [2.45, 2.75) is 25.4 Å². The summed E-state index contributed by atoms with van der Waals surface area (Å²) in [5.74, 6) is 0.0940. The summed E-state index contributed by atoms with van der Waals surface area (Å²) in [6.07, 6.45) is -3.75. The van der Waals surface area contributed by atoms with Crippen molar-refractivity contribution in [2.75, 3.05) is 11.9 Å². The maximum atomic E-state index is 12.1. The highest BCUT2D eigenvalue weighted by Gasteiger charge is 2.29. The third-order valence-electron chi connectivity index (χ3n) is 2.94. The second kappa shape index (κ2) is 4.36. The highest BCUT2D eigenvalue weighted by molar-refractivity contribution is 5.53. The molecule has 1 aliphatic heterocycles. The van der Waals surface area contributed by atoms with Crippen molar-refractivity contribution >= 4 is 5.69 Å². The van der Waals surface area contributed by atoms with Crippen LogP contribution in [0.15, 0.2) is 24.3 Å². The monoisotopic (exact) mass is 229 g/mol. The summed E-state index contributed by atoms with van der Waals surface area (Å²) in [5.41, 5.74) is 2.19. The van der Waals surface area contributed by atoms with Gasteiger partial charge in [0.1, 0.15) is 0 Å². The van der Waals surface area contributed by atoms with Crippen LogP contribution in [0.3, 0.4) is 0 Å². The normalized spacial score (nSPS) is 20.1. The Labute approximate surface area is 92.7 Å². The van der Waals surface area contributed by atoms with Gasteiger partial charge in [0.15, 0.2) is 0 Å². The molecule has 0 aliphatic carbocycles. The number of anilines is 1. The molecule has 4 heteroatoms. The molecular formula is C12H14F3N. The fourth-order valence-corrected chi connectivity index (χ4v) is 2.08. The Bertz CT molecular complexity index is 360. The molecule has 0 radical (unpaired) electrons. The first-order chi connectivity index (χ1) is 7.54. The first kappa shape index (κ1) is 11.3. The number of benzene rings is 1. The number of halogens is 3. The van der Waals surface area contributed by atoms with E-state index in [0.29, 0.717) is 6.54 Å². The molecule has 1 aliphatic rings. The molecule has 1 heterocycles. The van der Waals surface area contributed by atoms with Crippen molar-refractivity contribution < 1.29 is 13.2 Å². The van der Waals surface area contributed by atoms with Crippen molar-refractivity contribution in [3.63, 3.8) is 0 Å². The van der Waals surface area contributed by atoms with Crippen molar-refractivity contribution in [1.29, 1.82) is 0 Å². The topological polar surface area (TPSA) is 12.0 Å². The van der Waals surface area contributed by atoms with E-state index in [1.807, 2.05) is 24.3 Å². The van der Waals surface area contributed by atoms with E-state index in [2.05, 4.69) is 5.32 Å². The van der Waals surface area contributed by atoms with E-state index in [-0.39, 0.29) is 12.3 Å². The smallest absolute Gasteiger partial charge is 0.385 e. The molecule has 1 aromatic carbocycles. The van der Waals surface area contributed by atoms with Crippen LogP contribution < -0.4 is 5.32 Å². The van der Waals surface area contributed by atoms with E-state index >= 15 is 0 Å². The minimum absolute atomic E-state index is 0.0940. The second-order valence-electron chi connectivity index (χ2n) is 4.26. The van der Waals surface area contributed by atoms with Gasteiger partial charge in [-0.15, -0.1) is 0 Å². The van der Waals surface area contributed by atoms with E-state index in [1.54, 1.807) is 0 Å². The first-order valence-corrected chi connectivity index (χ1v) is 5.43.